The molecule has 0 aliphatic rings. The van der Waals surface area contributed by atoms with Gasteiger partial charge in [0.15, 0.2) is 0 Å². The second-order valence-corrected chi connectivity index (χ2v) is 5.63. The summed E-state index contributed by atoms with van der Waals surface area (Å²) < 4.78 is 0. The molecule has 120 valence electrons. The molecule has 0 bridgehead atoms. The zero-order chi connectivity index (χ0) is 16.9. The van der Waals surface area contributed by atoms with E-state index in [-0.39, 0.29) is 11.6 Å². The molecule has 1 heterocycles. The summed E-state index contributed by atoms with van der Waals surface area (Å²) in [7, 11) is 0. The lowest BCUT2D eigenvalue weighted by molar-refractivity contribution is 0.102. The number of benzene rings is 2. The first kappa shape index (κ1) is 16.0. The maximum Gasteiger partial charge on any atom is 0.274 e. The van der Waals surface area contributed by atoms with Crippen molar-refractivity contribution in [2.75, 3.05) is 10.6 Å². The van der Waals surface area contributed by atoms with Crippen LogP contribution >= 0.6 is 11.6 Å². The van der Waals surface area contributed by atoms with E-state index in [0.29, 0.717) is 16.5 Å². The number of halogens is 1. The summed E-state index contributed by atoms with van der Waals surface area (Å²) in [6, 6.07) is 16.3. The van der Waals surface area contributed by atoms with Crippen LogP contribution < -0.4 is 10.6 Å². The molecule has 0 atom stereocenters. The summed E-state index contributed by atoms with van der Waals surface area (Å²) in [5.74, 6) is 0.244. The molecule has 2 N–H and O–H groups in total. The first-order chi connectivity index (χ1) is 11.6. The summed E-state index contributed by atoms with van der Waals surface area (Å²) >= 11 is 5.83. The van der Waals surface area contributed by atoms with Gasteiger partial charge in [-0.05, 0) is 42.8 Å². The summed E-state index contributed by atoms with van der Waals surface area (Å²) in [4.78, 5) is 20.5. The van der Waals surface area contributed by atoms with Crippen LogP contribution in [0.15, 0.2) is 60.9 Å². The van der Waals surface area contributed by atoms with Crippen LogP contribution in [-0.2, 0) is 0 Å². The van der Waals surface area contributed by atoms with E-state index in [1.807, 2.05) is 31.2 Å². The topological polar surface area (TPSA) is 66.9 Å². The van der Waals surface area contributed by atoms with Gasteiger partial charge in [-0.15, -0.1) is 0 Å². The summed E-state index contributed by atoms with van der Waals surface area (Å²) in [6.07, 6.45) is 1.36. The van der Waals surface area contributed by atoms with Gasteiger partial charge >= 0.3 is 0 Å². The molecule has 2 aromatic carbocycles. The average Bonchev–Trinajstić information content (AvgIpc) is 2.59. The van der Waals surface area contributed by atoms with E-state index < -0.39 is 0 Å². The van der Waals surface area contributed by atoms with Gasteiger partial charge in [-0.2, -0.15) is 0 Å². The van der Waals surface area contributed by atoms with E-state index in [1.54, 1.807) is 30.3 Å². The molecule has 0 saturated heterocycles. The second-order valence-electron chi connectivity index (χ2n) is 5.19. The van der Waals surface area contributed by atoms with Crippen molar-refractivity contribution in [1.29, 1.82) is 0 Å². The lowest BCUT2D eigenvalue weighted by Gasteiger charge is -2.09. The highest BCUT2D eigenvalue weighted by Crippen LogP contribution is 2.19. The van der Waals surface area contributed by atoms with Crippen LogP contribution in [0.1, 0.15) is 16.1 Å². The Morgan fingerprint density at radius 3 is 2.54 bits per heavy atom. The number of hydrogen-bond acceptors (Lipinski definition) is 4. The Morgan fingerprint density at radius 1 is 1.04 bits per heavy atom. The number of aryl methyl sites for hydroxylation is 1. The first-order valence-electron chi connectivity index (χ1n) is 7.33. The van der Waals surface area contributed by atoms with Gasteiger partial charge in [0.1, 0.15) is 17.8 Å². The van der Waals surface area contributed by atoms with Crippen molar-refractivity contribution in [3.63, 3.8) is 0 Å². The Kier molecular flexibility index (Phi) is 4.72. The number of anilines is 3. The number of para-hydroxylation sites is 1. The van der Waals surface area contributed by atoms with Gasteiger partial charge in [-0.25, -0.2) is 9.97 Å². The van der Waals surface area contributed by atoms with Gasteiger partial charge in [0.05, 0.1) is 0 Å². The van der Waals surface area contributed by atoms with Gasteiger partial charge in [0, 0.05) is 22.5 Å². The predicted octanol–water partition coefficient (Wildman–Crippen LogP) is 4.43. The van der Waals surface area contributed by atoms with Crippen molar-refractivity contribution < 1.29 is 4.79 Å². The third-order valence-electron chi connectivity index (χ3n) is 3.41. The molecule has 0 spiro atoms. The van der Waals surface area contributed by atoms with Gasteiger partial charge in [0.25, 0.3) is 5.91 Å². The smallest absolute Gasteiger partial charge is 0.274 e. The molecule has 6 heteroatoms. The Balaban J connectivity index is 1.76. The summed E-state index contributed by atoms with van der Waals surface area (Å²) in [5.41, 5.74) is 2.94. The van der Waals surface area contributed by atoms with Gasteiger partial charge < -0.3 is 10.6 Å². The highest BCUT2D eigenvalue weighted by molar-refractivity contribution is 6.30. The lowest BCUT2D eigenvalue weighted by atomic mass is 10.2. The fourth-order valence-electron chi connectivity index (χ4n) is 2.13. The standard InChI is InChI=1S/C18H15ClN4O/c1-12-4-2-3-5-15(12)23-17-10-16(20-11-21-17)18(24)22-14-8-6-13(19)7-9-14/h2-11H,1H3,(H,22,24)(H,20,21,23). The first-order valence-corrected chi connectivity index (χ1v) is 7.71. The van der Waals surface area contributed by atoms with Crippen molar-refractivity contribution in [2.24, 2.45) is 0 Å². The van der Waals surface area contributed by atoms with Crippen molar-refractivity contribution in [3.8, 4) is 0 Å². The highest BCUT2D eigenvalue weighted by Gasteiger charge is 2.10. The predicted molar refractivity (Wildman–Crippen MR) is 95.9 cm³/mol. The molecule has 0 unspecified atom stereocenters. The SMILES string of the molecule is Cc1ccccc1Nc1cc(C(=O)Nc2ccc(Cl)cc2)ncn1. The molecule has 1 amide bonds. The fraction of sp³-hybridized carbons (Fsp3) is 0.0556. The molecule has 3 rings (SSSR count). The molecule has 5 nitrogen and oxygen atoms in total. The monoisotopic (exact) mass is 338 g/mol. The Bertz CT molecular complexity index is 865. The number of carbonyl (C=O) groups is 1. The minimum absolute atomic E-state index is 0.274. The summed E-state index contributed by atoms with van der Waals surface area (Å²) in [6.45, 7) is 2.00. The Hall–Kier alpha value is -2.92. The van der Waals surface area contributed by atoms with E-state index in [4.69, 9.17) is 11.6 Å². The summed E-state index contributed by atoms with van der Waals surface area (Å²) in [5, 5.41) is 6.57. The number of rotatable bonds is 4. The molecular weight excluding hydrogens is 324 g/mol. The van der Waals surface area contributed by atoms with E-state index in [9.17, 15) is 4.79 Å². The van der Waals surface area contributed by atoms with E-state index >= 15 is 0 Å². The number of nitrogens with zero attached hydrogens (tertiary/aromatic N) is 2. The average molecular weight is 339 g/mol. The van der Waals surface area contributed by atoms with Crippen LogP contribution in [0.4, 0.5) is 17.2 Å². The number of carbonyl (C=O) groups excluding carboxylic acids is 1. The number of nitrogens with one attached hydrogen (secondary N) is 2. The van der Waals surface area contributed by atoms with Crippen molar-refractivity contribution in [2.45, 2.75) is 6.92 Å². The normalized spacial score (nSPS) is 10.2. The van der Waals surface area contributed by atoms with Crippen LogP contribution in [0.5, 0.6) is 0 Å². The zero-order valence-corrected chi connectivity index (χ0v) is 13.7. The molecule has 0 saturated carbocycles. The van der Waals surface area contributed by atoms with Gasteiger partial charge in [-0.1, -0.05) is 29.8 Å². The van der Waals surface area contributed by atoms with E-state index in [1.165, 1.54) is 6.33 Å². The molecular formula is C18H15ClN4O. The Labute approximate surface area is 144 Å². The van der Waals surface area contributed by atoms with Crippen LogP contribution in [0, 0.1) is 6.92 Å². The molecule has 0 aliphatic carbocycles. The molecule has 0 aliphatic heterocycles. The van der Waals surface area contributed by atoms with E-state index in [2.05, 4.69) is 20.6 Å². The van der Waals surface area contributed by atoms with Crippen LogP contribution in [0.25, 0.3) is 0 Å². The van der Waals surface area contributed by atoms with Crippen LogP contribution in [0.3, 0.4) is 0 Å². The van der Waals surface area contributed by atoms with Gasteiger partial charge in [0.2, 0.25) is 0 Å². The highest BCUT2D eigenvalue weighted by atomic mass is 35.5. The molecule has 24 heavy (non-hydrogen) atoms. The van der Waals surface area contributed by atoms with Crippen molar-refractivity contribution >= 4 is 34.7 Å². The maximum absolute atomic E-state index is 12.3. The van der Waals surface area contributed by atoms with Crippen molar-refractivity contribution in [3.05, 3.63) is 77.2 Å². The van der Waals surface area contributed by atoms with Crippen LogP contribution in [0.2, 0.25) is 5.02 Å². The second kappa shape index (κ2) is 7.10. The van der Waals surface area contributed by atoms with Crippen molar-refractivity contribution in [1.82, 2.24) is 9.97 Å². The maximum atomic E-state index is 12.3. The fourth-order valence-corrected chi connectivity index (χ4v) is 2.26. The zero-order valence-electron chi connectivity index (χ0n) is 13.0. The third kappa shape index (κ3) is 3.88. The minimum Gasteiger partial charge on any atom is -0.340 e. The molecule has 0 fully saturated rings. The lowest BCUT2D eigenvalue weighted by Crippen LogP contribution is -2.14. The number of amides is 1. The number of hydrogen-bond donors (Lipinski definition) is 2. The van der Waals surface area contributed by atoms with Crippen LogP contribution in [-0.4, -0.2) is 15.9 Å². The van der Waals surface area contributed by atoms with Gasteiger partial charge in [-0.3, -0.25) is 4.79 Å². The largest absolute Gasteiger partial charge is 0.340 e. The minimum atomic E-state index is -0.312. The Morgan fingerprint density at radius 2 is 1.79 bits per heavy atom. The van der Waals surface area contributed by atoms with E-state index in [0.717, 1.165) is 11.3 Å². The molecule has 0 radical (unpaired) electrons. The molecule has 3 aromatic rings. The molecule has 1 aromatic heterocycles. The third-order valence-corrected chi connectivity index (χ3v) is 3.66. The number of aromatic nitrogens is 2. The quantitative estimate of drug-likeness (QED) is 0.738.